The van der Waals surface area contributed by atoms with Gasteiger partial charge in [0.1, 0.15) is 0 Å². The van der Waals surface area contributed by atoms with Crippen LogP contribution >= 0.6 is 24.0 Å². The van der Waals surface area contributed by atoms with Gasteiger partial charge in [-0.15, -0.1) is 24.0 Å². The van der Waals surface area contributed by atoms with Gasteiger partial charge in [0.05, 0.1) is 0 Å². The molecule has 6 heteroatoms. The second kappa shape index (κ2) is 12.9. The molecule has 0 spiro atoms. The van der Waals surface area contributed by atoms with E-state index in [1.165, 1.54) is 25.7 Å². The quantitative estimate of drug-likeness (QED) is 0.276. The number of nitrogens with zero attached hydrogens (tertiary/aromatic N) is 1. The van der Waals surface area contributed by atoms with E-state index in [0.717, 1.165) is 12.5 Å². The monoisotopic (exact) mass is 417 g/mol. The fourth-order valence-corrected chi connectivity index (χ4v) is 2.45. The highest BCUT2D eigenvalue weighted by molar-refractivity contribution is 14.0. The van der Waals surface area contributed by atoms with Crippen LogP contribution in [0, 0.1) is 0 Å². The Morgan fingerprint density at radius 2 is 1.70 bits per heavy atom. The molecule has 0 bridgehead atoms. The molecule has 1 unspecified atom stereocenters. The van der Waals surface area contributed by atoms with Crippen molar-refractivity contribution in [1.82, 2.24) is 10.6 Å². The zero-order valence-corrected chi connectivity index (χ0v) is 16.8. The Morgan fingerprint density at radius 3 is 2.20 bits per heavy atom. The second-order valence-electron chi connectivity index (χ2n) is 5.65. The highest BCUT2D eigenvalue weighted by Crippen LogP contribution is 2.10. The van der Waals surface area contributed by atoms with Crippen LogP contribution in [0.3, 0.4) is 0 Å². The first-order chi connectivity index (χ1) is 8.91. The summed E-state index contributed by atoms with van der Waals surface area (Å²) in [5, 5.41) is 6.49. The van der Waals surface area contributed by atoms with Crippen molar-refractivity contribution in [1.29, 1.82) is 0 Å². The fraction of sp³-hybridized carbons (Fsp3) is 0.929. The van der Waals surface area contributed by atoms with Gasteiger partial charge in [0, 0.05) is 41.4 Å². The molecule has 1 atom stereocenters. The Bertz CT molecular complexity index is 291. The largest absolute Gasteiger partial charge is 0.356 e. The lowest BCUT2D eigenvalue weighted by Gasteiger charge is -2.18. The summed E-state index contributed by atoms with van der Waals surface area (Å²) in [6.07, 6.45) is 4.97. The topological polar surface area (TPSA) is 53.5 Å². The van der Waals surface area contributed by atoms with Crippen LogP contribution in [0.5, 0.6) is 0 Å². The van der Waals surface area contributed by atoms with Crippen molar-refractivity contribution in [3.63, 3.8) is 0 Å². The van der Waals surface area contributed by atoms with Gasteiger partial charge >= 0.3 is 0 Å². The van der Waals surface area contributed by atoms with E-state index < -0.39 is 10.8 Å². The maximum Gasteiger partial charge on any atom is 0.191 e. The summed E-state index contributed by atoms with van der Waals surface area (Å²) in [6.45, 7) is 9.86. The average molecular weight is 417 g/mol. The van der Waals surface area contributed by atoms with Crippen LogP contribution in [0.25, 0.3) is 0 Å². The fourth-order valence-electron chi connectivity index (χ4n) is 1.55. The van der Waals surface area contributed by atoms with Gasteiger partial charge in [0.15, 0.2) is 5.96 Å². The third kappa shape index (κ3) is 11.9. The smallest absolute Gasteiger partial charge is 0.191 e. The third-order valence-electron chi connectivity index (χ3n) is 2.81. The number of guanidine groups is 1. The zero-order valence-electron chi connectivity index (χ0n) is 13.6. The maximum atomic E-state index is 11.9. The van der Waals surface area contributed by atoms with Crippen LogP contribution in [-0.4, -0.2) is 40.8 Å². The molecule has 0 radical (unpaired) electrons. The molecule has 0 aromatic heterocycles. The number of hydrogen-bond acceptors (Lipinski definition) is 2. The van der Waals surface area contributed by atoms with Gasteiger partial charge in [-0.2, -0.15) is 0 Å². The molecule has 0 fully saturated rings. The predicted molar refractivity (Wildman–Crippen MR) is 102 cm³/mol. The number of aliphatic imine (C=N–C) groups is 1. The third-order valence-corrected chi connectivity index (χ3v) is 4.75. The van der Waals surface area contributed by atoms with E-state index in [1.807, 2.05) is 20.8 Å². The summed E-state index contributed by atoms with van der Waals surface area (Å²) in [5.41, 5.74) is 0. The summed E-state index contributed by atoms with van der Waals surface area (Å²) in [5.74, 6) is 1.46. The zero-order chi connectivity index (χ0) is 14.7. The molecule has 2 N–H and O–H groups in total. The summed E-state index contributed by atoms with van der Waals surface area (Å²) in [4.78, 5) is 4.16. The highest BCUT2D eigenvalue weighted by atomic mass is 127. The number of rotatable bonds is 8. The van der Waals surface area contributed by atoms with Gasteiger partial charge in [-0.25, -0.2) is 0 Å². The van der Waals surface area contributed by atoms with Crippen molar-refractivity contribution < 1.29 is 4.21 Å². The van der Waals surface area contributed by atoms with E-state index in [4.69, 9.17) is 0 Å². The Morgan fingerprint density at radius 1 is 1.10 bits per heavy atom. The van der Waals surface area contributed by atoms with Gasteiger partial charge < -0.3 is 10.6 Å². The Kier molecular flexibility index (Phi) is 14.4. The van der Waals surface area contributed by atoms with E-state index in [2.05, 4.69) is 22.5 Å². The number of hydrogen-bond donors (Lipinski definition) is 2. The lowest BCUT2D eigenvalue weighted by Crippen LogP contribution is -2.40. The van der Waals surface area contributed by atoms with E-state index in [-0.39, 0.29) is 28.7 Å². The SMILES string of the molecule is CCCCCCNC(=NC)NCCS(=O)C(C)(C)C.I. The van der Waals surface area contributed by atoms with E-state index in [1.54, 1.807) is 7.05 Å². The van der Waals surface area contributed by atoms with Crippen LogP contribution < -0.4 is 10.6 Å². The molecule has 20 heavy (non-hydrogen) atoms. The summed E-state index contributed by atoms with van der Waals surface area (Å²) >= 11 is 0. The van der Waals surface area contributed by atoms with Gasteiger partial charge in [-0.05, 0) is 27.2 Å². The van der Waals surface area contributed by atoms with Crippen LogP contribution in [0.2, 0.25) is 0 Å². The Hall–Kier alpha value is 0.150. The lowest BCUT2D eigenvalue weighted by molar-refractivity contribution is 0.642. The van der Waals surface area contributed by atoms with E-state index in [9.17, 15) is 4.21 Å². The minimum atomic E-state index is -0.811. The number of unbranched alkanes of at least 4 members (excludes halogenated alkanes) is 3. The first kappa shape index (κ1) is 22.4. The lowest BCUT2D eigenvalue weighted by atomic mass is 10.2. The molecule has 0 aliphatic heterocycles. The predicted octanol–water partition coefficient (Wildman–Crippen LogP) is 2.90. The van der Waals surface area contributed by atoms with Crippen LogP contribution in [0.1, 0.15) is 53.4 Å². The normalized spacial score (nSPS) is 13.6. The van der Waals surface area contributed by atoms with Crippen molar-refractivity contribution in [2.24, 2.45) is 4.99 Å². The second-order valence-corrected chi connectivity index (χ2v) is 7.97. The van der Waals surface area contributed by atoms with Crippen molar-refractivity contribution in [2.75, 3.05) is 25.9 Å². The minimum absolute atomic E-state index is 0. The molecule has 0 aromatic carbocycles. The number of nitrogens with one attached hydrogen (secondary N) is 2. The van der Waals surface area contributed by atoms with Gasteiger partial charge in [-0.3, -0.25) is 9.20 Å². The van der Waals surface area contributed by atoms with E-state index in [0.29, 0.717) is 12.3 Å². The molecule has 4 nitrogen and oxygen atoms in total. The van der Waals surface area contributed by atoms with Crippen molar-refractivity contribution in [3.05, 3.63) is 0 Å². The minimum Gasteiger partial charge on any atom is -0.356 e. The van der Waals surface area contributed by atoms with Crippen molar-refractivity contribution in [2.45, 2.75) is 58.1 Å². The molecule has 0 aliphatic carbocycles. The molecule has 0 rings (SSSR count). The summed E-state index contributed by atoms with van der Waals surface area (Å²) in [6, 6.07) is 0. The van der Waals surface area contributed by atoms with Crippen LogP contribution in [-0.2, 0) is 10.8 Å². The van der Waals surface area contributed by atoms with Crippen molar-refractivity contribution in [3.8, 4) is 0 Å². The van der Waals surface area contributed by atoms with Gasteiger partial charge in [-0.1, -0.05) is 26.2 Å². The number of halogens is 1. The van der Waals surface area contributed by atoms with Crippen molar-refractivity contribution >= 4 is 40.7 Å². The summed E-state index contributed by atoms with van der Waals surface area (Å²) in [7, 11) is 0.955. The average Bonchev–Trinajstić information content (AvgIpc) is 2.35. The molecule has 0 heterocycles. The van der Waals surface area contributed by atoms with Gasteiger partial charge in [0.25, 0.3) is 0 Å². The maximum absolute atomic E-state index is 11.9. The molecule has 0 aromatic rings. The van der Waals surface area contributed by atoms with Crippen LogP contribution in [0.4, 0.5) is 0 Å². The molecule has 0 saturated carbocycles. The molecule has 0 amide bonds. The van der Waals surface area contributed by atoms with Gasteiger partial charge in [0.2, 0.25) is 0 Å². The molecule has 122 valence electrons. The first-order valence-corrected chi connectivity index (χ1v) is 8.56. The van der Waals surface area contributed by atoms with E-state index >= 15 is 0 Å². The standard InChI is InChI=1S/C14H31N3OS.HI/c1-6-7-8-9-10-16-13(15-5)17-11-12-19(18)14(2,3)4;/h6-12H2,1-5H3,(H2,15,16,17);1H. The first-order valence-electron chi connectivity index (χ1n) is 7.24. The molecule has 0 aliphatic rings. The van der Waals surface area contributed by atoms with Crippen LogP contribution in [0.15, 0.2) is 4.99 Å². The Labute approximate surface area is 144 Å². The molecule has 0 saturated heterocycles. The molecular formula is C14H32IN3OS. The summed E-state index contributed by atoms with van der Waals surface area (Å²) < 4.78 is 11.7. The molecular weight excluding hydrogens is 385 g/mol. The Balaban J connectivity index is 0. The highest BCUT2D eigenvalue weighted by Gasteiger charge is 2.18.